The van der Waals surface area contributed by atoms with E-state index >= 15 is 0 Å². The zero-order chi connectivity index (χ0) is 14.4. The van der Waals surface area contributed by atoms with Crippen LogP contribution in [0.5, 0.6) is 5.75 Å². The molecular weight excluding hydrogens is 318 g/mol. The van der Waals surface area contributed by atoms with E-state index in [1.165, 1.54) is 0 Å². The molecule has 0 saturated carbocycles. The molecule has 0 unspecified atom stereocenters. The van der Waals surface area contributed by atoms with Gasteiger partial charge >= 0.3 is 0 Å². The monoisotopic (exact) mass is 333 g/mol. The molecule has 0 bridgehead atoms. The predicted molar refractivity (Wildman–Crippen MR) is 82.9 cm³/mol. The predicted octanol–water partition coefficient (Wildman–Crippen LogP) is 3.78. The third-order valence-corrected chi connectivity index (χ3v) is 3.26. The molecule has 0 heterocycles. The fourth-order valence-corrected chi connectivity index (χ4v) is 2.25. The number of carbonyl (C=O) groups is 1. The Hall–Kier alpha value is -1.81. The summed E-state index contributed by atoms with van der Waals surface area (Å²) in [5.74, 6) is 0.684. The summed E-state index contributed by atoms with van der Waals surface area (Å²) in [5.41, 5.74) is 1.68. The first-order valence-corrected chi connectivity index (χ1v) is 7.24. The van der Waals surface area contributed by atoms with E-state index in [9.17, 15) is 4.79 Å². The summed E-state index contributed by atoms with van der Waals surface area (Å²) in [4.78, 5) is 12.0. The molecule has 104 valence electrons. The number of nitrogens with one attached hydrogen (secondary N) is 1. The van der Waals surface area contributed by atoms with Crippen LogP contribution in [0.1, 0.15) is 22.8 Å². The van der Waals surface area contributed by atoms with Gasteiger partial charge < -0.3 is 10.1 Å². The summed E-state index contributed by atoms with van der Waals surface area (Å²) in [7, 11) is 0. The van der Waals surface area contributed by atoms with E-state index in [0.29, 0.717) is 18.7 Å². The molecule has 0 aliphatic heterocycles. The second-order valence-electron chi connectivity index (χ2n) is 4.27. The van der Waals surface area contributed by atoms with Crippen LogP contribution in [0.25, 0.3) is 0 Å². The molecule has 2 aromatic rings. The van der Waals surface area contributed by atoms with Gasteiger partial charge in [0.15, 0.2) is 0 Å². The number of ether oxygens (including phenoxy) is 1. The van der Waals surface area contributed by atoms with Gasteiger partial charge in [-0.1, -0.05) is 28.1 Å². The van der Waals surface area contributed by atoms with Crippen LogP contribution in [0.15, 0.2) is 53.0 Å². The van der Waals surface area contributed by atoms with Crippen LogP contribution in [0.3, 0.4) is 0 Å². The van der Waals surface area contributed by atoms with Crippen molar-refractivity contribution in [2.24, 2.45) is 0 Å². The highest BCUT2D eigenvalue weighted by atomic mass is 79.9. The van der Waals surface area contributed by atoms with Crippen LogP contribution in [0.2, 0.25) is 0 Å². The zero-order valence-corrected chi connectivity index (χ0v) is 12.8. The Morgan fingerprint density at radius 1 is 1.20 bits per heavy atom. The average molecular weight is 334 g/mol. The molecule has 20 heavy (non-hydrogen) atoms. The quantitative estimate of drug-likeness (QED) is 0.904. The zero-order valence-electron chi connectivity index (χ0n) is 11.2. The first-order valence-electron chi connectivity index (χ1n) is 6.44. The summed E-state index contributed by atoms with van der Waals surface area (Å²) in [6, 6.07) is 15.0. The van der Waals surface area contributed by atoms with Gasteiger partial charge in [-0.15, -0.1) is 0 Å². The normalized spacial score (nSPS) is 10.1. The Bertz CT molecular complexity index is 581. The number of amides is 1. The van der Waals surface area contributed by atoms with Gasteiger partial charge in [-0.3, -0.25) is 4.79 Å². The van der Waals surface area contributed by atoms with Crippen LogP contribution in [0, 0.1) is 0 Å². The maximum absolute atomic E-state index is 12.0. The molecule has 1 amide bonds. The largest absolute Gasteiger partial charge is 0.494 e. The van der Waals surface area contributed by atoms with Crippen molar-refractivity contribution in [1.82, 2.24) is 5.32 Å². The molecule has 0 spiro atoms. The molecule has 3 nitrogen and oxygen atoms in total. The Labute approximate surface area is 127 Å². The molecule has 2 rings (SSSR count). The van der Waals surface area contributed by atoms with Crippen LogP contribution in [-0.4, -0.2) is 12.5 Å². The van der Waals surface area contributed by atoms with Crippen molar-refractivity contribution in [2.45, 2.75) is 13.5 Å². The van der Waals surface area contributed by atoms with Crippen molar-refractivity contribution in [1.29, 1.82) is 0 Å². The van der Waals surface area contributed by atoms with Gasteiger partial charge in [-0.25, -0.2) is 0 Å². The van der Waals surface area contributed by atoms with Crippen molar-refractivity contribution < 1.29 is 9.53 Å². The lowest BCUT2D eigenvalue weighted by Crippen LogP contribution is -2.22. The lowest BCUT2D eigenvalue weighted by molar-refractivity contribution is 0.0951. The van der Waals surface area contributed by atoms with Gasteiger partial charge in [0.25, 0.3) is 5.91 Å². The summed E-state index contributed by atoms with van der Waals surface area (Å²) in [6.45, 7) is 3.05. The minimum Gasteiger partial charge on any atom is -0.494 e. The van der Waals surface area contributed by atoms with Crippen molar-refractivity contribution in [3.63, 3.8) is 0 Å². The molecule has 4 heteroatoms. The Balaban J connectivity index is 1.94. The highest BCUT2D eigenvalue weighted by Gasteiger charge is 2.05. The molecule has 0 aromatic heterocycles. The number of hydrogen-bond acceptors (Lipinski definition) is 2. The van der Waals surface area contributed by atoms with E-state index in [1.54, 1.807) is 24.3 Å². The van der Waals surface area contributed by atoms with E-state index in [0.717, 1.165) is 15.8 Å². The fourth-order valence-electron chi connectivity index (χ4n) is 1.80. The van der Waals surface area contributed by atoms with E-state index < -0.39 is 0 Å². The molecule has 2 aromatic carbocycles. The topological polar surface area (TPSA) is 38.3 Å². The van der Waals surface area contributed by atoms with Crippen molar-refractivity contribution >= 4 is 21.8 Å². The Morgan fingerprint density at radius 2 is 1.95 bits per heavy atom. The molecular formula is C16H16BrNO2. The van der Waals surface area contributed by atoms with Crippen molar-refractivity contribution in [3.8, 4) is 5.75 Å². The number of rotatable bonds is 5. The smallest absolute Gasteiger partial charge is 0.251 e. The van der Waals surface area contributed by atoms with Gasteiger partial charge in [-0.2, -0.15) is 0 Å². The van der Waals surface area contributed by atoms with Crippen molar-refractivity contribution in [2.75, 3.05) is 6.61 Å². The van der Waals surface area contributed by atoms with Gasteiger partial charge in [0.1, 0.15) is 5.75 Å². The Morgan fingerprint density at radius 3 is 2.60 bits per heavy atom. The summed E-state index contributed by atoms with van der Waals surface area (Å²) in [6.07, 6.45) is 0. The second-order valence-corrected chi connectivity index (χ2v) is 5.19. The van der Waals surface area contributed by atoms with E-state index in [4.69, 9.17) is 4.74 Å². The van der Waals surface area contributed by atoms with Crippen molar-refractivity contribution in [3.05, 3.63) is 64.1 Å². The first kappa shape index (κ1) is 14.6. The molecule has 0 radical (unpaired) electrons. The highest BCUT2D eigenvalue weighted by molar-refractivity contribution is 9.10. The van der Waals surface area contributed by atoms with E-state index in [1.807, 2.05) is 31.2 Å². The number of hydrogen-bond donors (Lipinski definition) is 1. The van der Waals surface area contributed by atoms with E-state index in [-0.39, 0.29) is 5.91 Å². The van der Waals surface area contributed by atoms with Gasteiger partial charge in [0.05, 0.1) is 6.61 Å². The standard InChI is InChI=1S/C16H16BrNO2/c1-2-20-15-8-6-13(7-9-15)16(19)18-11-12-4-3-5-14(17)10-12/h3-10H,2,11H2,1H3,(H,18,19). The minimum absolute atomic E-state index is 0.0898. The van der Waals surface area contributed by atoms with E-state index in [2.05, 4.69) is 21.2 Å². The molecule has 0 saturated heterocycles. The van der Waals surface area contributed by atoms with Crippen LogP contribution in [0.4, 0.5) is 0 Å². The minimum atomic E-state index is -0.0898. The lowest BCUT2D eigenvalue weighted by Gasteiger charge is -2.07. The third kappa shape index (κ3) is 4.10. The summed E-state index contributed by atoms with van der Waals surface area (Å²) < 4.78 is 6.35. The first-order chi connectivity index (χ1) is 9.69. The SMILES string of the molecule is CCOc1ccc(C(=O)NCc2cccc(Br)c2)cc1. The highest BCUT2D eigenvalue weighted by Crippen LogP contribution is 2.13. The molecule has 1 N–H and O–H groups in total. The summed E-state index contributed by atoms with van der Waals surface area (Å²) in [5, 5.41) is 2.89. The average Bonchev–Trinajstić information content (AvgIpc) is 2.46. The van der Waals surface area contributed by atoms with Crippen LogP contribution >= 0.6 is 15.9 Å². The maximum Gasteiger partial charge on any atom is 0.251 e. The molecule has 0 aliphatic carbocycles. The summed E-state index contributed by atoms with van der Waals surface area (Å²) >= 11 is 3.41. The number of benzene rings is 2. The maximum atomic E-state index is 12.0. The van der Waals surface area contributed by atoms with Gasteiger partial charge in [-0.05, 0) is 48.9 Å². The van der Waals surface area contributed by atoms with Gasteiger partial charge in [0, 0.05) is 16.6 Å². The molecule has 0 fully saturated rings. The molecule has 0 aliphatic rings. The lowest BCUT2D eigenvalue weighted by atomic mass is 10.2. The van der Waals surface area contributed by atoms with Crippen LogP contribution in [-0.2, 0) is 6.54 Å². The number of halogens is 1. The van der Waals surface area contributed by atoms with Gasteiger partial charge in [0.2, 0.25) is 0 Å². The second kappa shape index (κ2) is 7.10. The Kier molecular flexibility index (Phi) is 5.18. The molecule has 0 atom stereocenters. The third-order valence-electron chi connectivity index (χ3n) is 2.77. The van der Waals surface area contributed by atoms with Crippen LogP contribution < -0.4 is 10.1 Å². The fraction of sp³-hybridized carbons (Fsp3) is 0.188. The number of carbonyl (C=O) groups excluding carboxylic acids is 1.